The van der Waals surface area contributed by atoms with Crippen molar-refractivity contribution in [2.24, 2.45) is 0 Å². The Bertz CT molecular complexity index is 1150. The van der Waals surface area contributed by atoms with E-state index in [4.69, 9.17) is 11.6 Å². The summed E-state index contributed by atoms with van der Waals surface area (Å²) in [5, 5.41) is 2.37. The first-order valence-electron chi connectivity index (χ1n) is 8.98. The molecule has 3 aromatic carbocycles. The van der Waals surface area contributed by atoms with Crippen molar-refractivity contribution in [3.05, 3.63) is 76.3 Å². The molecule has 0 bridgehead atoms. The van der Waals surface area contributed by atoms with Crippen molar-refractivity contribution >= 4 is 44.2 Å². The lowest BCUT2D eigenvalue weighted by Gasteiger charge is -2.24. The molecule has 27 heavy (non-hydrogen) atoms. The molecule has 5 rings (SSSR count). The Hall–Kier alpha value is -1.53. The Morgan fingerprint density at radius 1 is 1.00 bits per heavy atom. The monoisotopic (exact) mass is 415 g/mol. The lowest BCUT2D eigenvalue weighted by molar-refractivity contribution is 0.435. The molecule has 0 spiro atoms. The first kappa shape index (κ1) is 17.6. The third-order valence-corrected chi connectivity index (χ3v) is 8.96. The van der Waals surface area contributed by atoms with Crippen LogP contribution in [0, 0.1) is 0 Å². The van der Waals surface area contributed by atoms with Crippen LogP contribution in [0.5, 0.6) is 0 Å². The van der Waals surface area contributed by atoms with Gasteiger partial charge in [-0.1, -0.05) is 48.0 Å². The molecule has 3 nitrogen and oxygen atoms in total. The number of thioether (sulfide) groups is 1. The second-order valence-electron chi connectivity index (χ2n) is 6.96. The minimum Gasteiger partial charge on any atom is -0.207 e. The van der Waals surface area contributed by atoms with Gasteiger partial charge in [0.2, 0.25) is 10.0 Å². The SMILES string of the molecule is O=S(=O)(c1ccc2c3c(cccc13)CC2)N1CCS[C@H]1c1cccc(Cl)c1. The summed E-state index contributed by atoms with van der Waals surface area (Å²) in [6, 6.07) is 17.3. The molecule has 6 heteroatoms. The quantitative estimate of drug-likeness (QED) is 0.602. The maximum atomic E-state index is 13.6. The summed E-state index contributed by atoms with van der Waals surface area (Å²) in [6.45, 7) is 0.507. The average molecular weight is 416 g/mol. The Morgan fingerprint density at radius 3 is 2.59 bits per heavy atom. The summed E-state index contributed by atoms with van der Waals surface area (Å²) in [6.07, 6.45) is 1.97. The highest BCUT2D eigenvalue weighted by atomic mass is 35.5. The molecule has 2 aliphatic rings. The molecule has 1 aliphatic carbocycles. The highest BCUT2D eigenvalue weighted by Gasteiger charge is 2.38. The third-order valence-electron chi connectivity index (χ3n) is 5.41. The molecule has 0 N–H and O–H groups in total. The normalized spacial score (nSPS) is 19.8. The largest absolute Gasteiger partial charge is 0.245 e. The molecule has 1 aliphatic heterocycles. The number of rotatable bonds is 3. The number of sulfonamides is 1. The second kappa shape index (κ2) is 6.52. The van der Waals surface area contributed by atoms with Gasteiger partial charge in [-0.05, 0) is 53.1 Å². The molecule has 1 heterocycles. The topological polar surface area (TPSA) is 37.4 Å². The van der Waals surface area contributed by atoms with E-state index >= 15 is 0 Å². The van der Waals surface area contributed by atoms with E-state index in [0.29, 0.717) is 16.5 Å². The van der Waals surface area contributed by atoms with Crippen LogP contribution in [-0.2, 0) is 22.9 Å². The van der Waals surface area contributed by atoms with Crippen LogP contribution in [0.2, 0.25) is 5.02 Å². The standard InChI is InChI=1S/C21H18ClNO2S2/c22-17-5-1-4-16(13-17)21-23(11-12-26-21)27(24,25)19-10-9-15-8-7-14-3-2-6-18(19)20(14)15/h1-6,9-10,13,21H,7-8,11-12H2/t21-/m0/s1. The van der Waals surface area contributed by atoms with Gasteiger partial charge in [-0.3, -0.25) is 0 Å². The maximum Gasteiger partial charge on any atom is 0.245 e. The number of aryl methyl sites for hydroxylation is 2. The number of hydrogen-bond donors (Lipinski definition) is 0. The Morgan fingerprint density at radius 2 is 1.78 bits per heavy atom. The van der Waals surface area contributed by atoms with Crippen molar-refractivity contribution in [3.63, 3.8) is 0 Å². The number of benzene rings is 3. The van der Waals surface area contributed by atoms with E-state index in [1.807, 2.05) is 42.5 Å². The van der Waals surface area contributed by atoms with Crippen molar-refractivity contribution in [2.75, 3.05) is 12.3 Å². The van der Waals surface area contributed by atoms with Crippen molar-refractivity contribution in [3.8, 4) is 0 Å². The molecular weight excluding hydrogens is 398 g/mol. The zero-order chi connectivity index (χ0) is 18.6. The van der Waals surface area contributed by atoms with Crippen LogP contribution in [0.1, 0.15) is 22.1 Å². The van der Waals surface area contributed by atoms with Crippen LogP contribution in [0.15, 0.2) is 59.5 Å². The van der Waals surface area contributed by atoms with Gasteiger partial charge in [0.15, 0.2) is 0 Å². The van der Waals surface area contributed by atoms with Gasteiger partial charge in [0.05, 0.1) is 10.3 Å². The highest BCUT2D eigenvalue weighted by Crippen LogP contribution is 2.44. The second-order valence-corrected chi connectivity index (χ2v) is 10.4. The lowest BCUT2D eigenvalue weighted by atomic mass is 10.1. The van der Waals surface area contributed by atoms with Crippen molar-refractivity contribution in [1.29, 1.82) is 0 Å². The van der Waals surface area contributed by atoms with Crippen molar-refractivity contribution in [2.45, 2.75) is 23.1 Å². The molecule has 3 aromatic rings. The Kier molecular flexibility index (Phi) is 4.24. The molecule has 0 saturated carbocycles. The molecular formula is C21H18ClNO2S2. The predicted molar refractivity (Wildman–Crippen MR) is 112 cm³/mol. The first-order valence-corrected chi connectivity index (χ1v) is 11.8. The fraction of sp³-hybridized carbons (Fsp3) is 0.238. The minimum absolute atomic E-state index is 0.239. The predicted octanol–water partition coefficient (Wildman–Crippen LogP) is 5.03. The molecule has 1 atom stereocenters. The molecule has 138 valence electrons. The fourth-order valence-corrected chi connectivity index (χ4v) is 7.81. The van der Waals surface area contributed by atoms with E-state index in [-0.39, 0.29) is 5.37 Å². The minimum atomic E-state index is -3.61. The van der Waals surface area contributed by atoms with Gasteiger partial charge in [-0.2, -0.15) is 4.31 Å². The molecule has 0 aromatic heterocycles. The molecule has 1 saturated heterocycles. The fourth-order valence-electron chi connectivity index (χ4n) is 4.19. The molecule has 0 unspecified atom stereocenters. The zero-order valence-corrected chi connectivity index (χ0v) is 16.9. The van der Waals surface area contributed by atoms with Gasteiger partial charge >= 0.3 is 0 Å². The Balaban J connectivity index is 1.64. The lowest BCUT2D eigenvalue weighted by Crippen LogP contribution is -2.30. The zero-order valence-electron chi connectivity index (χ0n) is 14.6. The van der Waals surface area contributed by atoms with E-state index in [1.54, 1.807) is 22.1 Å². The number of halogens is 1. The van der Waals surface area contributed by atoms with Gasteiger partial charge in [0.1, 0.15) is 0 Å². The van der Waals surface area contributed by atoms with Crippen LogP contribution >= 0.6 is 23.4 Å². The van der Waals surface area contributed by atoms with Crippen LogP contribution in [0.3, 0.4) is 0 Å². The summed E-state index contributed by atoms with van der Waals surface area (Å²) >= 11 is 7.79. The number of nitrogens with zero attached hydrogens (tertiary/aromatic N) is 1. The summed E-state index contributed by atoms with van der Waals surface area (Å²) in [7, 11) is -3.61. The van der Waals surface area contributed by atoms with Gasteiger partial charge in [0.25, 0.3) is 0 Å². The van der Waals surface area contributed by atoms with Gasteiger partial charge in [-0.15, -0.1) is 11.8 Å². The summed E-state index contributed by atoms with van der Waals surface area (Å²) in [4.78, 5) is 0.416. The molecule has 0 amide bonds. The van der Waals surface area contributed by atoms with E-state index in [2.05, 4.69) is 6.07 Å². The van der Waals surface area contributed by atoms with E-state index in [9.17, 15) is 8.42 Å². The van der Waals surface area contributed by atoms with Gasteiger partial charge in [0, 0.05) is 22.7 Å². The highest BCUT2D eigenvalue weighted by molar-refractivity contribution is 8.01. The molecule has 0 radical (unpaired) electrons. The third kappa shape index (κ3) is 2.80. The van der Waals surface area contributed by atoms with Crippen molar-refractivity contribution < 1.29 is 8.42 Å². The summed E-state index contributed by atoms with van der Waals surface area (Å²) in [5.41, 5.74) is 3.43. The van der Waals surface area contributed by atoms with Crippen LogP contribution in [-0.4, -0.2) is 25.0 Å². The van der Waals surface area contributed by atoms with Crippen molar-refractivity contribution in [1.82, 2.24) is 4.31 Å². The van der Waals surface area contributed by atoms with E-state index in [0.717, 1.165) is 34.9 Å². The van der Waals surface area contributed by atoms with E-state index in [1.165, 1.54) is 11.1 Å². The number of hydrogen-bond acceptors (Lipinski definition) is 3. The Labute approximate surface area is 168 Å². The van der Waals surface area contributed by atoms with Crippen LogP contribution in [0.25, 0.3) is 10.8 Å². The van der Waals surface area contributed by atoms with Gasteiger partial charge < -0.3 is 0 Å². The smallest absolute Gasteiger partial charge is 0.207 e. The molecule has 1 fully saturated rings. The summed E-state index contributed by atoms with van der Waals surface area (Å²) in [5.74, 6) is 0.775. The van der Waals surface area contributed by atoms with E-state index < -0.39 is 10.0 Å². The van der Waals surface area contributed by atoms with Gasteiger partial charge in [-0.25, -0.2) is 8.42 Å². The summed E-state index contributed by atoms with van der Waals surface area (Å²) < 4.78 is 28.9. The average Bonchev–Trinajstić information content (AvgIpc) is 3.31. The maximum absolute atomic E-state index is 13.6. The van der Waals surface area contributed by atoms with Crippen LogP contribution < -0.4 is 0 Å². The van der Waals surface area contributed by atoms with Crippen LogP contribution in [0.4, 0.5) is 0 Å². The first-order chi connectivity index (χ1) is 13.1.